The van der Waals surface area contributed by atoms with Crippen LogP contribution in [0.3, 0.4) is 0 Å². The van der Waals surface area contributed by atoms with Crippen LogP contribution >= 0.6 is 0 Å². The van der Waals surface area contributed by atoms with Crippen LogP contribution in [0.5, 0.6) is 0 Å². The molecule has 0 aromatic rings. The maximum atomic E-state index is 12.1. The molecule has 17 heavy (non-hydrogen) atoms. The van der Waals surface area contributed by atoms with E-state index in [-0.39, 0.29) is 16.6 Å². The number of carbonyl (C=O) groups excluding carboxylic acids is 1. The molecule has 0 spiro atoms. The van der Waals surface area contributed by atoms with E-state index < -0.39 is 14.6 Å². The van der Waals surface area contributed by atoms with Crippen LogP contribution in [0.2, 0.25) is 0 Å². The fourth-order valence-electron chi connectivity index (χ4n) is 2.09. The van der Waals surface area contributed by atoms with E-state index in [9.17, 15) is 13.2 Å². The molecule has 0 aliphatic heterocycles. The highest BCUT2D eigenvalue weighted by Crippen LogP contribution is 2.31. The molecule has 98 valence electrons. The van der Waals surface area contributed by atoms with Crippen LogP contribution in [0, 0.1) is 5.92 Å². The van der Waals surface area contributed by atoms with E-state index in [0.29, 0.717) is 12.8 Å². The van der Waals surface area contributed by atoms with Gasteiger partial charge in [-0.2, -0.15) is 0 Å². The van der Waals surface area contributed by atoms with Crippen molar-refractivity contribution in [2.24, 2.45) is 5.92 Å². The van der Waals surface area contributed by atoms with Gasteiger partial charge in [0, 0.05) is 17.2 Å². The first kappa shape index (κ1) is 14.4. The van der Waals surface area contributed by atoms with E-state index in [1.54, 1.807) is 20.8 Å². The number of rotatable bonds is 3. The van der Waals surface area contributed by atoms with Crippen LogP contribution in [0.1, 0.15) is 52.9 Å². The van der Waals surface area contributed by atoms with Crippen LogP contribution in [0.15, 0.2) is 11.5 Å². The Kier molecular flexibility index (Phi) is 4.18. The molecule has 1 aliphatic rings. The van der Waals surface area contributed by atoms with E-state index in [1.165, 1.54) is 0 Å². The van der Waals surface area contributed by atoms with Crippen molar-refractivity contribution in [2.75, 3.05) is 0 Å². The van der Waals surface area contributed by atoms with Gasteiger partial charge >= 0.3 is 0 Å². The van der Waals surface area contributed by atoms with E-state index in [1.807, 2.05) is 0 Å². The predicted molar refractivity (Wildman–Crippen MR) is 69.4 cm³/mol. The SMILES string of the molecule is C=C(CC1CCCCC1=O)S(=O)(=O)C(C)(C)C. The first-order valence-corrected chi connectivity index (χ1v) is 7.59. The molecule has 0 aromatic heterocycles. The smallest absolute Gasteiger partial charge is 0.178 e. The van der Waals surface area contributed by atoms with Crippen molar-refractivity contribution in [3.63, 3.8) is 0 Å². The van der Waals surface area contributed by atoms with Gasteiger partial charge in [-0.25, -0.2) is 8.42 Å². The average Bonchev–Trinajstić information content (AvgIpc) is 2.19. The quantitative estimate of drug-likeness (QED) is 0.782. The number of allylic oxidation sites excluding steroid dienone is 1. The van der Waals surface area contributed by atoms with Crippen LogP contribution in [0.4, 0.5) is 0 Å². The molecule has 1 aliphatic carbocycles. The maximum Gasteiger partial charge on any atom is 0.178 e. The second-order valence-electron chi connectivity index (χ2n) is 5.77. The first-order chi connectivity index (χ1) is 7.66. The van der Waals surface area contributed by atoms with E-state index in [0.717, 1.165) is 19.3 Å². The summed E-state index contributed by atoms with van der Waals surface area (Å²) in [6.45, 7) is 8.67. The number of sulfone groups is 1. The zero-order valence-electron chi connectivity index (χ0n) is 11.0. The minimum Gasteiger partial charge on any atom is -0.299 e. The summed E-state index contributed by atoms with van der Waals surface area (Å²) in [7, 11) is -3.35. The zero-order chi connectivity index (χ0) is 13.3. The molecule has 3 nitrogen and oxygen atoms in total. The highest BCUT2D eigenvalue weighted by atomic mass is 32.2. The Morgan fingerprint density at radius 2 is 1.94 bits per heavy atom. The van der Waals surface area contributed by atoms with Gasteiger partial charge in [-0.3, -0.25) is 4.79 Å². The van der Waals surface area contributed by atoms with Gasteiger partial charge in [-0.05, 0) is 40.0 Å². The normalized spacial score (nSPS) is 22.5. The van der Waals surface area contributed by atoms with Crippen molar-refractivity contribution in [3.05, 3.63) is 11.5 Å². The van der Waals surface area contributed by atoms with E-state index >= 15 is 0 Å². The molecule has 0 heterocycles. The molecule has 0 radical (unpaired) electrons. The zero-order valence-corrected chi connectivity index (χ0v) is 11.8. The van der Waals surface area contributed by atoms with Crippen molar-refractivity contribution in [1.82, 2.24) is 0 Å². The first-order valence-electron chi connectivity index (χ1n) is 6.11. The molecule has 0 N–H and O–H groups in total. The summed E-state index contributed by atoms with van der Waals surface area (Å²) in [6, 6.07) is 0. The molecular formula is C13H22O3S. The van der Waals surface area contributed by atoms with Crippen LogP contribution in [-0.4, -0.2) is 18.9 Å². The van der Waals surface area contributed by atoms with Gasteiger partial charge in [0.25, 0.3) is 0 Å². The van der Waals surface area contributed by atoms with Crippen LogP contribution < -0.4 is 0 Å². The van der Waals surface area contributed by atoms with Gasteiger partial charge < -0.3 is 0 Å². The molecule has 4 heteroatoms. The Bertz CT molecular complexity index is 412. The molecule has 0 bridgehead atoms. The monoisotopic (exact) mass is 258 g/mol. The minimum absolute atomic E-state index is 0.131. The fraction of sp³-hybridized carbons (Fsp3) is 0.769. The largest absolute Gasteiger partial charge is 0.299 e. The molecule has 0 amide bonds. The Labute approximate surface area is 104 Å². The summed E-state index contributed by atoms with van der Waals surface area (Å²) >= 11 is 0. The van der Waals surface area contributed by atoms with Crippen molar-refractivity contribution >= 4 is 15.6 Å². The highest BCUT2D eigenvalue weighted by Gasteiger charge is 2.34. The average molecular weight is 258 g/mol. The van der Waals surface area contributed by atoms with Gasteiger partial charge in [-0.15, -0.1) is 0 Å². The van der Waals surface area contributed by atoms with Crippen molar-refractivity contribution in [2.45, 2.75) is 57.6 Å². The molecule has 0 aromatic carbocycles. The van der Waals surface area contributed by atoms with Gasteiger partial charge in [-0.1, -0.05) is 13.0 Å². The maximum absolute atomic E-state index is 12.1. The van der Waals surface area contributed by atoms with Gasteiger partial charge in [0.2, 0.25) is 0 Å². The summed E-state index contributed by atoms with van der Waals surface area (Å²) in [4.78, 5) is 11.9. The number of Topliss-reactive ketones (excluding diaryl/α,β-unsaturated/α-hetero) is 1. The van der Waals surface area contributed by atoms with E-state index in [4.69, 9.17) is 0 Å². The number of ketones is 1. The summed E-state index contributed by atoms with van der Waals surface area (Å²) in [5.41, 5.74) is 0. The fourth-order valence-corrected chi connectivity index (χ4v) is 3.38. The Morgan fingerprint density at radius 1 is 1.35 bits per heavy atom. The lowest BCUT2D eigenvalue weighted by Gasteiger charge is -2.25. The summed E-state index contributed by atoms with van der Waals surface area (Å²) in [6.07, 6.45) is 3.65. The van der Waals surface area contributed by atoms with Crippen molar-refractivity contribution in [3.8, 4) is 0 Å². The standard InChI is InChI=1S/C13H22O3S/c1-10(17(15,16)13(2,3)4)9-11-7-5-6-8-12(11)14/h11H,1,5-9H2,2-4H3. The second-order valence-corrected chi connectivity index (χ2v) is 8.58. The third kappa shape index (κ3) is 3.18. The molecule has 1 atom stereocenters. The lowest BCUT2D eigenvalue weighted by molar-refractivity contribution is -0.124. The molecule has 1 rings (SSSR count). The predicted octanol–water partition coefficient (Wildman–Crippen LogP) is 2.86. The third-order valence-electron chi connectivity index (χ3n) is 3.34. The minimum atomic E-state index is -3.35. The van der Waals surface area contributed by atoms with Gasteiger partial charge in [0.05, 0.1) is 4.75 Å². The molecule has 1 saturated carbocycles. The molecule has 1 fully saturated rings. The Hall–Kier alpha value is -0.640. The second kappa shape index (κ2) is 4.92. The Morgan fingerprint density at radius 3 is 2.41 bits per heavy atom. The van der Waals surface area contributed by atoms with E-state index in [2.05, 4.69) is 6.58 Å². The molecule has 1 unspecified atom stereocenters. The van der Waals surface area contributed by atoms with Crippen molar-refractivity contribution in [1.29, 1.82) is 0 Å². The van der Waals surface area contributed by atoms with Crippen molar-refractivity contribution < 1.29 is 13.2 Å². The summed E-state index contributed by atoms with van der Waals surface area (Å²) in [5, 5.41) is 0. The summed E-state index contributed by atoms with van der Waals surface area (Å²) in [5.74, 6) is 0.0647. The van der Waals surface area contributed by atoms with Gasteiger partial charge in [0.1, 0.15) is 5.78 Å². The van der Waals surface area contributed by atoms with Gasteiger partial charge in [0.15, 0.2) is 9.84 Å². The topological polar surface area (TPSA) is 51.2 Å². The Balaban J connectivity index is 2.76. The number of carbonyl (C=O) groups is 1. The number of hydrogen-bond donors (Lipinski definition) is 0. The molecule has 0 saturated heterocycles. The lowest BCUT2D eigenvalue weighted by Crippen LogP contribution is -2.30. The van der Waals surface area contributed by atoms with Crippen LogP contribution in [-0.2, 0) is 14.6 Å². The third-order valence-corrected chi connectivity index (χ3v) is 5.88. The highest BCUT2D eigenvalue weighted by molar-refractivity contribution is 7.96. The lowest BCUT2D eigenvalue weighted by atomic mass is 9.86. The molecular weight excluding hydrogens is 236 g/mol. The number of hydrogen-bond acceptors (Lipinski definition) is 3. The summed E-state index contributed by atoms with van der Waals surface area (Å²) < 4.78 is 23.4. The van der Waals surface area contributed by atoms with Crippen LogP contribution in [0.25, 0.3) is 0 Å².